The topological polar surface area (TPSA) is 55.1 Å². The fraction of sp³-hybridized carbons (Fsp3) is 0.235. The summed E-state index contributed by atoms with van der Waals surface area (Å²) in [5.41, 5.74) is 9.35. The third-order valence-corrected chi connectivity index (χ3v) is 3.92. The fourth-order valence-corrected chi connectivity index (χ4v) is 2.64. The Morgan fingerprint density at radius 2 is 2.00 bits per heavy atom. The minimum absolute atomic E-state index is 0.0432. The van der Waals surface area contributed by atoms with Crippen LogP contribution in [0.5, 0.6) is 0 Å². The number of rotatable bonds is 4. The monoisotopic (exact) mass is 346 g/mol. The van der Waals surface area contributed by atoms with Crippen molar-refractivity contribution in [1.82, 2.24) is 5.32 Å². The van der Waals surface area contributed by atoms with E-state index in [4.69, 9.17) is 5.73 Å². The molecule has 0 fully saturated rings. The Morgan fingerprint density at radius 3 is 2.67 bits per heavy atom. The van der Waals surface area contributed by atoms with Gasteiger partial charge in [0.2, 0.25) is 0 Å². The summed E-state index contributed by atoms with van der Waals surface area (Å²) in [7, 11) is 0. The number of nitrogens with one attached hydrogen (secondary N) is 1. The highest BCUT2D eigenvalue weighted by molar-refractivity contribution is 9.10. The maximum absolute atomic E-state index is 12.3. The van der Waals surface area contributed by atoms with Crippen molar-refractivity contribution in [2.45, 2.75) is 26.3 Å². The van der Waals surface area contributed by atoms with Gasteiger partial charge in [0.15, 0.2) is 0 Å². The van der Waals surface area contributed by atoms with E-state index in [9.17, 15) is 4.79 Å². The zero-order valence-electron chi connectivity index (χ0n) is 12.2. The van der Waals surface area contributed by atoms with Gasteiger partial charge in [-0.05, 0) is 49.6 Å². The molecule has 4 heteroatoms. The molecule has 0 aliphatic carbocycles. The molecule has 0 radical (unpaired) electrons. The quantitative estimate of drug-likeness (QED) is 0.829. The summed E-state index contributed by atoms with van der Waals surface area (Å²) in [5.74, 6) is -0.138. The van der Waals surface area contributed by atoms with Gasteiger partial charge in [-0.1, -0.05) is 40.2 Å². The number of aryl methyl sites for hydroxylation is 1. The predicted octanol–water partition coefficient (Wildman–Crippen LogP) is 3.70. The summed E-state index contributed by atoms with van der Waals surface area (Å²) in [4.78, 5) is 12.3. The molecule has 2 rings (SSSR count). The number of nitrogens with two attached hydrogens (primary N) is 1. The predicted molar refractivity (Wildman–Crippen MR) is 90.4 cm³/mol. The number of carbonyl (C=O) groups is 1. The van der Waals surface area contributed by atoms with Gasteiger partial charge in [-0.3, -0.25) is 4.79 Å². The van der Waals surface area contributed by atoms with Crippen LogP contribution in [-0.2, 0) is 6.42 Å². The lowest BCUT2D eigenvalue weighted by Crippen LogP contribution is -2.34. The second-order valence-electron chi connectivity index (χ2n) is 5.24. The molecular formula is C17H19BrN2O. The molecule has 0 heterocycles. The fourth-order valence-electron chi connectivity index (χ4n) is 2.26. The molecule has 0 bridgehead atoms. The Bertz CT molecular complexity index is 655. The van der Waals surface area contributed by atoms with Crippen molar-refractivity contribution < 1.29 is 4.79 Å². The summed E-state index contributed by atoms with van der Waals surface area (Å²) < 4.78 is 0.865. The van der Waals surface area contributed by atoms with E-state index in [1.165, 1.54) is 11.1 Å². The third kappa shape index (κ3) is 4.08. The molecule has 0 saturated heterocycles. The van der Waals surface area contributed by atoms with Crippen LogP contribution in [0, 0.1) is 6.92 Å². The number of hydrogen-bond donors (Lipinski definition) is 2. The van der Waals surface area contributed by atoms with E-state index in [0.717, 1.165) is 10.9 Å². The molecule has 0 aromatic heterocycles. The maximum atomic E-state index is 12.3. The molecule has 2 aromatic carbocycles. The first-order valence-corrected chi connectivity index (χ1v) is 7.67. The first-order chi connectivity index (χ1) is 9.97. The number of carbonyl (C=O) groups excluding carboxylic acids is 1. The van der Waals surface area contributed by atoms with E-state index < -0.39 is 0 Å². The van der Waals surface area contributed by atoms with Crippen LogP contribution in [-0.4, -0.2) is 11.9 Å². The number of halogens is 1. The van der Waals surface area contributed by atoms with Crippen molar-refractivity contribution in [1.29, 1.82) is 0 Å². The summed E-state index contributed by atoms with van der Waals surface area (Å²) >= 11 is 3.34. The van der Waals surface area contributed by atoms with E-state index in [0.29, 0.717) is 11.3 Å². The molecule has 3 nitrogen and oxygen atoms in total. The summed E-state index contributed by atoms with van der Waals surface area (Å²) in [6.45, 7) is 4.08. The molecule has 0 aliphatic rings. The lowest BCUT2D eigenvalue weighted by atomic mass is 10.0. The highest BCUT2D eigenvalue weighted by Gasteiger charge is 2.13. The molecule has 0 saturated carbocycles. The Hall–Kier alpha value is -1.81. The number of benzene rings is 2. The van der Waals surface area contributed by atoms with Crippen LogP contribution >= 0.6 is 15.9 Å². The Kier molecular flexibility index (Phi) is 5.02. The molecule has 2 aromatic rings. The van der Waals surface area contributed by atoms with Crippen LogP contribution in [0.25, 0.3) is 0 Å². The van der Waals surface area contributed by atoms with E-state index >= 15 is 0 Å². The van der Waals surface area contributed by atoms with Crippen molar-refractivity contribution in [3.63, 3.8) is 0 Å². The van der Waals surface area contributed by atoms with Crippen LogP contribution in [0.15, 0.2) is 46.9 Å². The lowest BCUT2D eigenvalue weighted by molar-refractivity contribution is 0.0941. The molecule has 21 heavy (non-hydrogen) atoms. The van der Waals surface area contributed by atoms with Gasteiger partial charge in [-0.25, -0.2) is 0 Å². The van der Waals surface area contributed by atoms with Crippen LogP contribution in [0.2, 0.25) is 0 Å². The van der Waals surface area contributed by atoms with Crippen LogP contribution in [0.4, 0.5) is 5.69 Å². The number of amides is 1. The molecule has 0 spiro atoms. The zero-order chi connectivity index (χ0) is 15.4. The van der Waals surface area contributed by atoms with Crippen LogP contribution < -0.4 is 11.1 Å². The minimum atomic E-state index is -0.138. The highest BCUT2D eigenvalue weighted by Crippen LogP contribution is 2.19. The second kappa shape index (κ2) is 6.76. The van der Waals surface area contributed by atoms with Crippen molar-refractivity contribution in [3.05, 3.63) is 63.6 Å². The number of hydrogen-bond acceptors (Lipinski definition) is 2. The van der Waals surface area contributed by atoms with E-state index in [2.05, 4.69) is 40.3 Å². The minimum Gasteiger partial charge on any atom is -0.398 e. The second-order valence-corrected chi connectivity index (χ2v) is 6.15. The van der Waals surface area contributed by atoms with Crippen molar-refractivity contribution >= 4 is 27.5 Å². The first kappa shape index (κ1) is 15.6. The van der Waals surface area contributed by atoms with Gasteiger partial charge in [0.05, 0.1) is 5.56 Å². The zero-order valence-corrected chi connectivity index (χ0v) is 13.8. The van der Waals surface area contributed by atoms with E-state index in [1.54, 1.807) is 12.1 Å². The van der Waals surface area contributed by atoms with Gasteiger partial charge >= 0.3 is 0 Å². The molecule has 110 valence electrons. The average molecular weight is 347 g/mol. The Balaban J connectivity index is 2.04. The number of nitrogen functional groups attached to an aromatic ring is 1. The third-order valence-electron chi connectivity index (χ3n) is 3.42. The largest absolute Gasteiger partial charge is 0.398 e. The van der Waals surface area contributed by atoms with Gasteiger partial charge in [-0.2, -0.15) is 0 Å². The molecule has 1 amide bonds. The van der Waals surface area contributed by atoms with Crippen molar-refractivity contribution in [3.8, 4) is 0 Å². The molecule has 1 atom stereocenters. The first-order valence-electron chi connectivity index (χ1n) is 6.87. The lowest BCUT2D eigenvalue weighted by Gasteiger charge is -2.16. The van der Waals surface area contributed by atoms with Crippen molar-refractivity contribution in [2.75, 3.05) is 5.73 Å². The Morgan fingerprint density at radius 1 is 1.29 bits per heavy atom. The van der Waals surface area contributed by atoms with Gasteiger partial charge < -0.3 is 11.1 Å². The van der Waals surface area contributed by atoms with Crippen LogP contribution in [0.1, 0.15) is 28.4 Å². The molecule has 3 N–H and O–H groups in total. The molecular weight excluding hydrogens is 328 g/mol. The highest BCUT2D eigenvalue weighted by atomic mass is 79.9. The summed E-state index contributed by atoms with van der Waals surface area (Å²) in [6, 6.07) is 13.5. The van der Waals surface area contributed by atoms with Gasteiger partial charge in [0, 0.05) is 16.2 Å². The molecule has 0 aliphatic heterocycles. The summed E-state index contributed by atoms with van der Waals surface area (Å²) in [6.07, 6.45) is 0.800. The Labute approximate surface area is 133 Å². The van der Waals surface area contributed by atoms with Crippen LogP contribution in [0.3, 0.4) is 0 Å². The maximum Gasteiger partial charge on any atom is 0.253 e. The van der Waals surface area contributed by atoms with E-state index in [-0.39, 0.29) is 11.9 Å². The van der Waals surface area contributed by atoms with Gasteiger partial charge in [0.1, 0.15) is 0 Å². The number of anilines is 1. The van der Waals surface area contributed by atoms with E-state index in [1.807, 2.05) is 25.1 Å². The smallest absolute Gasteiger partial charge is 0.253 e. The standard InChI is InChI=1S/C17H19BrN2O/c1-11-5-3-4-6-13(11)9-12(2)20-17(21)15-8-7-14(18)10-16(15)19/h3-8,10,12H,9,19H2,1-2H3,(H,20,21). The molecule has 1 unspecified atom stereocenters. The van der Waals surface area contributed by atoms with Crippen molar-refractivity contribution in [2.24, 2.45) is 0 Å². The van der Waals surface area contributed by atoms with Gasteiger partial charge in [0.25, 0.3) is 5.91 Å². The summed E-state index contributed by atoms with van der Waals surface area (Å²) in [5, 5.41) is 3.00. The SMILES string of the molecule is Cc1ccccc1CC(C)NC(=O)c1ccc(Br)cc1N. The average Bonchev–Trinajstić information content (AvgIpc) is 2.41. The van der Waals surface area contributed by atoms with Gasteiger partial charge in [-0.15, -0.1) is 0 Å². The normalized spacial score (nSPS) is 12.0.